The van der Waals surface area contributed by atoms with Crippen LogP contribution in [0.1, 0.15) is 211 Å². The maximum absolute atomic E-state index is 2.77. The molecule has 0 saturated heterocycles. The highest BCUT2D eigenvalue weighted by Gasteiger charge is 2.31. The molecule has 5 rings (SSSR count). The average molecular weight is 701 g/mol. The van der Waals surface area contributed by atoms with Crippen molar-refractivity contribution in [3.05, 3.63) is 90.0 Å². The molecule has 0 aliphatic heterocycles. The van der Waals surface area contributed by atoms with Gasteiger partial charge in [-0.15, -0.1) is 0 Å². The second kappa shape index (κ2) is 19.1. The van der Waals surface area contributed by atoms with Gasteiger partial charge in [0.1, 0.15) is 0 Å². The van der Waals surface area contributed by atoms with Gasteiger partial charge in [-0.1, -0.05) is 133 Å². The molecule has 0 fully saturated rings. The average Bonchev–Trinajstić information content (AvgIpc) is 3.14. The monoisotopic (exact) mass is 701 g/mol. The highest BCUT2D eigenvalue weighted by atomic mass is 14.3. The molecule has 0 heteroatoms. The Kier molecular flexibility index (Phi) is 14.9. The van der Waals surface area contributed by atoms with Crippen molar-refractivity contribution in [1.29, 1.82) is 0 Å². The molecule has 0 saturated carbocycles. The minimum Gasteiger partial charge on any atom is -0.0651 e. The quantitative estimate of drug-likeness (QED) is 0.0709. The van der Waals surface area contributed by atoms with E-state index in [-0.39, 0.29) is 0 Å². The second-order valence-electron chi connectivity index (χ2n) is 16.5. The summed E-state index contributed by atoms with van der Waals surface area (Å²) >= 11 is 0. The fraction of sp³-hybridized carbons (Fsp3) is 0.615. The molecule has 1 aliphatic rings. The first-order valence-electron chi connectivity index (χ1n) is 22.7. The topological polar surface area (TPSA) is 0 Å². The zero-order valence-corrected chi connectivity index (χ0v) is 35.7. The summed E-state index contributed by atoms with van der Waals surface area (Å²) in [6.07, 6.45) is 26.7. The molecule has 0 N–H and O–H groups in total. The highest BCUT2D eigenvalue weighted by molar-refractivity contribution is 6.05. The molecule has 284 valence electrons. The Labute approximate surface area is 321 Å². The van der Waals surface area contributed by atoms with Crippen LogP contribution in [0.5, 0.6) is 0 Å². The van der Waals surface area contributed by atoms with Crippen LogP contribution in [0.4, 0.5) is 0 Å². The molecule has 4 aromatic carbocycles. The maximum Gasteiger partial charge on any atom is -0.00141 e. The SMILES string of the molecule is CCCc1c(CCC)c(CCC)c2c(c1CCC)Cc1c(c(CCC)c3cc4c(CCC)c(CCC)c(CCC)c(CCC)c4cc3c1CCC)C2. The van der Waals surface area contributed by atoms with E-state index in [0.29, 0.717) is 0 Å². The largest absolute Gasteiger partial charge is 0.0651 e. The zero-order valence-electron chi connectivity index (χ0n) is 35.7. The predicted molar refractivity (Wildman–Crippen MR) is 233 cm³/mol. The van der Waals surface area contributed by atoms with E-state index >= 15 is 0 Å². The van der Waals surface area contributed by atoms with E-state index in [0.717, 1.165) is 12.8 Å². The molecule has 4 aromatic rings. The number of fused-ring (bicyclic) bond motifs is 4. The van der Waals surface area contributed by atoms with Crippen molar-refractivity contribution >= 4 is 21.5 Å². The molecule has 0 unspecified atom stereocenters. The van der Waals surface area contributed by atoms with Crippen LogP contribution in [0.15, 0.2) is 12.1 Å². The van der Waals surface area contributed by atoms with Gasteiger partial charge in [0.05, 0.1) is 0 Å². The Balaban J connectivity index is 1.96. The van der Waals surface area contributed by atoms with Crippen LogP contribution in [-0.4, -0.2) is 0 Å². The van der Waals surface area contributed by atoms with Crippen molar-refractivity contribution < 1.29 is 0 Å². The van der Waals surface area contributed by atoms with E-state index < -0.39 is 0 Å². The maximum atomic E-state index is 2.77. The minimum atomic E-state index is 1.15. The van der Waals surface area contributed by atoms with Gasteiger partial charge in [-0.05, 0) is 189 Å². The first kappa shape index (κ1) is 40.6. The zero-order chi connectivity index (χ0) is 37.4. The molecule has 1 aliphatic carbocycles. The third-order valence-electron chi connectivity index (χ3n) is 12.5. The van der Waals surface area contributed by atoms with E-state index in [4.69, 9.17) is 0 Å². The summed E-state index contributed by atoms with van der Waals surface area (Å²) in [6.45, 7) is 24.1. The number of aryl methyl sites for hydroxylation is 4. The van der Waals surface area contributed by atoms with E-state index in [1.165, 1.54) is 128 Å². The standard InChI is InChI=1S/C52H76/c1-11-21-35-36(22-12-2)40(26-16-6)46-32-50-44(30-20-10)52-34-48-42(28-18-8)38(24-14-4)37(23-13-3)41(27-17-7)47(48)33-51(52)43(29-19-9)49(50)31-45(46)39(35)25-15-5/h31-32H,11-30,33-34H2,1-10H3. The number of rotatable bonds is 20. The Hall–Kier alpha value is -2.60. The molecule has 0 aromatic heterocycles. The Morgan fingerprint density at radius 1 is 0.250 bits per heavy atom. The number of benzene rings is 4. The fourth-order valence-corrected chi connectivity index (χ4v) is 10.7. The predicted octanol–water partition coefficient (Wildman–Crippen LogP) is 15.0. The van der Waals surface area contributed by atoms with Gasteiger partial charge >= 0.3 is 0 Å². The Bertz CT molecular complexity index is 1700. The number of hydrogen-bond acceptors (Lipinski definition) is 0. The lowest BCUT2D eigenvalue weighted by Crippen LogP contribution is -2.21. The van der Waals surface area contributed by atoms with Gasteiger partial charge in [0, 0.05) is 0 Å². The Morgan fingerprint density at radius 3 is 0.731 bits per heavy atom. The minimum absolute atomic E-state index is 1.15. The summed E-state index contributed by atoms with van der Waals surface area (Å²) in [5.41, 5.74) is 24.2. The normalized spacial score (nSPS) is 12.7. The van der Waals surface area contributed by atoms with Gasteiger partial charge in [-0.3, -0.25) is 0 Å². The van der Waals surface area contributed by atoms with Crippen molar-refractivity contribution in [2.24, 2.45) is 0 Å². The number of hydrogen-bond donors (Lipinski definition) is 0. The molecule has 0 spiro atoms. The van der Waals surface area contributed by atoms with Crippen molar-refractivity contribution in [2.75, 3.05) is 0 Å². The summed E-state index contributed by atoms with van der Waals surface area (Å²) in [5.74, 6) is 0. The van der Waals surface area contributed by atoms with E-state index in [2.05, 4.69) is 81.4 Å². The molecular formula is C52H76. The van der Waals surface area contributed by atoms with Crippen LogP contribution < -0.4 is 0 Å². The van der Waals surface area contributed by atoms with Gasteiger partial charge in [-0.25, -0.2) is 0 Å². The third-order valence-corrected chi connectivity index (χ3v) is 12.5. The molecule has 0 heterocycles. The van der Waals surface area contributed by atoms with Crippen molar-refractivity contribution in [1.82, 2.24) is 0 Å². The van der Waals surface area contributed by atoms with Gasteiger partial charge in [-0.2, -0.15) is 0 Å². The van der Waals surface area contributed by atoms with Crippen LogP contribution >= 0.6 is 0 Å². The van der Waals surface area contributed by atoms with Crippen molar-refractivity contribution in [3.8, 4) is 0 Å². The summed E-state index contributed by atoms with van der Waals surface area (Å²) in [6, 6.07) is 5.54. The Morgan fingerprint density at radius 2 is 0.442 bits per heavy atom. The van der Waals surface area contributed by atoms with Gasteiger partial charge in [0.2, 0.25) is 0 Å². The van der Waals surface area contributed by atoms with Gasteiger partial charge in [0.15, 0.2) is 0 Å². The van der Waals surface area contributed by atoms with E-state index in [1.54, 1.807) is 99.4 Å². The smallest absolute Gasteiger partial charge is 0.00141 e. The highest BCUT2D eigenvalue weighted by Crippen LogP contribution is 2.46. The summed E-state index contributed by atoms with van der Waals surface area (Å²) in [5, 5.41) is 6.41. The first-order chi connectivity index (χ1) is 25.4. The van der Waals surface area contributed by atoms with E-state index in [1.807, 2.05) is 0 Å². The van der Waals surface area contributed by atoms with Crippen LogP contribution in [-0.2, 0) is 77.0 Å². The molecule has 52 heavy (non-hydrogen) atoms. The lowest BCUT2D eigenvalue weighted by molar-refractivity contribution is 0.767. The van der Waals surface area contributed by atoms with Crippen LogP contribution in [0.25, 0.3) is 21.5 Å². The van der Waals surface area contributed by atoms with E-state index in [9.17, 15) is 0 Å². The lowest BCUT2D eigenvalue weighted by atomic mass is 9.70. The third kappa shape index (κ3) is 7.66. The fourth-order valence-electron chi connectivity index (χ4n) is 10.7. The van der Waals surface area contributed by atoms with Crippen LogP contribution in [0.2, 0.25) is 0 Å². The van der Waals surface area contributed by atoms with Crippen LogP contribution in [0, 0.1) is 0 Å². The molecular weight excluding hydrogens is 625 g/mol. The molecule has 0 radical (unpaired) electrons. The summed E-state index contributed by atoms with van der Waals surface area (Å²) in [7, 11) is 0. The first-order valence-corrected chi connectivity index (χ1v) is 22.7. The molecule has 0 nitrogen and oxygen atoms in total. The lowest BCUT2D eigenvalue weighted by Gasteiger charge is -2.34. The van der Waals surface area contributed by atoms with Crippen LogP contribution in [0.3, 0.4) is 0 Å². The van der Waals surface area contributed by atoms with Crippen molar-refractivity contribution in [2.45, 2.75) is 210 Å². The summed E-state index contributed by atoms with van der Waals surface area (Å²) < 4.78 is 0. The van der Waals surface area contributed by atoms with Gasteiger partial charge in [0.25, 0.3) is 0 Å². The van der Waals surface area contributed by atoms with Crippen molar-refractivity contribution in [3.63, 3.8) is 0 Å². The molecule has 0 bridgehead atoms. The van der Waals surface area contributed by atoms with Gasteiger partial charge < -0.3 is 0 Å². The molecule has 0 amide bonds. The second-order valence-corrected chi connectivity index (χ2v) is 16.5. The molecule has 0 atom stereocenters. The summed E-state index contributed by atoms with van der Waals surface area (Å²) in [4.78, 5) is 0.